The van der Waals surface area contributed by atoms with Gasteiger partial charge in [0.15, 0.2) is 0 Å². The van der Waals surface area contributed by atoms with E-state index in [1.807, 2.05) is 36.6 Å². The van der Waals surface area contributed by atoms with Crippen LogP contribution in [0.4, 0.5) is 0 Å². The molecule has 4 aromatic rings. The highest BCUT2D eigenvalue weighted by Gasteiger charge is 2.33. The summed E-state index contributed by atoms with van der Waals surface area (Å²) in [5, 5.41) is 24.1. The van der Waals surface area contributed by atoms with E-state index in [0.29, 0.717) is 31.0 Å². The molecule has 0 bridgehead atoms. The molecule has 190 valence electrons. The molecule has 5 rings (SSSR count). The Morgan fingerprint density at radius 2 is 2.14 bits per heavy atom. The van der Waals surface area contributed by atoms with Crippen molar-refractivity contribution in [3.8, 4) is 17.2 Å². The second-order valence-electron chi connectivity index (χ2n) is 9.26. The first-order chi connectivity index (χ1) is 17.9. The fourth-order valence-corrected chi connectivity index (χ4v) is 4.88. The summed E-state index contributed by atoms with van der Waals surface area (Å²) in [6, 6.07) is 9.42. The van der Waals surface area contributed by atoms with E-state index in [-0.39, 0.29) is 11.3 Å². The lowest BCUT2D eigenvalue weighted by Gasteiger charge is -2.32. The van der Waals surface area contributed by atoms with E-state index in [1.165, 1.54) is 10.6 Å². The largest absolute Gasteiger partial charge is 0.478 e. The highest BCUT2D eigenvalue weighted by Crippen LogP contribution is 2.35. The molecule has 1 unspecified atom stereocenters. The van der Waals surface area contributed by atoms with Gasteiger partial charge in [0, 0.05) is 55.1 Å². The van der Waals surface area contributed by atoms with Crippen molar-refractivity contribution in [2.24, 2.45) is 12.0 Å². The highest BCUT2D eigenvalue weighted by molar-refractivity contribution is 5.91. The lowest BCUT2D eigenvalue weighted by molar-refractivity contribution is 0.0697. The number of carboxylic acids is 1. The maximum absolute atomic E-state index is 13.9. The Kier molecular flexibility index (Phi) is 6.43. The topological polar surface area (TPSA) is 136 Å². The van der Waals surface area contributed by atoms with Crippen molar-refractivity contribution in [1.82, 2.24) is 34.3 Å². The number of aromatic nitrogens is 7. The van der Waals surface area contributed by atoms with Gasteiger partial charge in [-0.2, -0.15) is 5.21 Å². The number of rotatable bonds is 9. The van der Waals surface area contributed by atoms with Crippen LogP contribution in [0.5, 0.6) is 0 Å². The molecule has 4 heterocycles. The fraction of sp³-hybridized carbons (Fsp3) is 0.308. The molecular weight excluding hydrogens is 472 g/mol. The van der Waals surface area contributed by atoms with Crippen molar-refractivity contribution in [2.45, 2.75) is 44.6 Å². The van der Waals surface area contributed by atoms with Crippen molar-refractivity contribution in [3.63, 3.8) is 0 Å². The quantitative estimate of drug-likeness (QED) is 0.362. The van der Waals surface area contributed by atoms with E-state index < -0.39 is 11.4 Å². The molecule has 37 heavy (non-hydrogen) atoms. The Bertz CT molecular complexity index is 1540. The monoisotopic (exact) mass is 500 g/mol. The molecule has 0 spiro atoms. The molecule has 1 aliphatic rings. The molecule has 11 heteroatoms. The van der Waals surface area contributed by atoms with E-state index in [1.54, 1.807) is 34.8 Å². The van der Waals surface area contributed by atoms with E-state index >= 15 is 0 Å². The lowest BCUT2D eigenvalue weighted by atomic mass is 9.76. The third-order valence-electron chi connectivity index (χ3n) is 6.87. The summed E-state index contributed by atoms with van der Waals surface area (Å²) in [6.07, 6.45) is 12.2. The molecule has 1 aromatic carbocycles. The zero-order valence-corrected chi connectivity index (χ0v) is 20.7. The molecule has 0 amide bonds. The van der Waals surface area contributed by atoms with Crippen molar-refractivity contribution in [3.05, 3.63) is 82.3 Å². The van der Waals surface area contributed by atoms with Crippen molar-refractivity contribution in [2.75, 3.05) is 0 Å². The smallest absolute Gasteiger partial charge is 0.339 e. The van der Waals surface area contributed by atoms with Gasteiger partial charge in [-0.25, -0.2) is 9.59 Å². The molecule has 1 aliphatic heterocycles. The molecule has 1 atom stereocenters. The van der Waals surface area contributed by atoms with Crippen LogP contribution in [0.3, 0.4) is 0 Å². The van der Waals surface area contributed by atoms with Gasteiger partial charge in [-0.1, -0.05) is 37.6 Å². The molecule has 0 aliphatic carbocycles. The Morgan fingerprint density at radius 3 is 2.84 bits per heavy atom. The standard InChI is InChI=1S/C26H28N8O3/c1-3-4-8-20-16-33(23-21(24(35)36)9-14-32(23)2)25(37)34(20)17-26(10-12-27-13-11-26)19-7-5-6-18(15-19)22-28-30-31-29-22/h5-7,9-10,12-16H,3-4,8,11,17H2,1-2H3,(H,35,36)(H,28,29,30,31). The zero-order valence-electron chi connectivity index (χ0n) is 20.7. The summed E-state index contributed by atoms with van der Waals surface area (Å²) in [6.45, 7) is 2.47. The summed E-state index contributed by atoms with van der Waals surface area (Å²) >= 11 is 0. The number of tetrazole rings is 1. The minimum atomic E-state index is -1.08. The number of carbonyl (C=O) groups is 1. The number of H-pyrrole nitrogens is 1. The number of nitrogens with one attached hydrogen (secondary N) is 1. The summed E-state index contributed by atoms with van der Waals surface area (Å²) in [4.78, 5) is 30.1. The number of unbranched alkanes of at least 4 members (excludes halogenated alkanes) is 1. The average molecular weight is 501 g/mol. The number of aromatic amines is 1. The fourth-order valence-electron chi connectivity index (χ4n) is 4.88. The second-order valence-corrected chi connectivity index (χ2v) is 9.26. The van der Waals surface area contributed by atoms with E-state index in [4.69, 9.17) is 0 Å². The Balaban J connectivity index is 1.64. The predicted molar refractivity (Wildman–Crippen MR) is 138 cm³/mol. The normalized spacial score (nSPS) is 16.9. The van der Waals surface area contributed by atoms with Crippen LogP contribution in [0.15, 0.2) is 64.8 Å². The first-order valence-electron chi connectivity index (χ1n) is 12.2. The van der Waals surface area contributed by atoms with Crippen molar-refractivity contribution in [1.29, 1.82) is 0 Å². The van der Waals surface area contributed by atoms with Gasteiger partial charge < -0.3 is 9.67 Å². The third kappa shape index (κ3) is 4.44. The third-order valence-corrected chi connectivity index (χ3v) is 6.87. The van der Waals surface area contributed by atoms with Crippen LogP contribution < -0.4 is 5.69 Å². The lowest BCUT2D eigenvalue weighted by Crippen LogP contribution is -2.37. The van der Waals surface area contributed by atoms with Crippen molar-refractivity contribution < 1.29 is 9.90 Å². The van der Waals surface area contributed by atoms with Crippen LogP contribution in [0.2, 0.25) is 0 Å². The van der Waals surface area contributed by atoms with Gasteiger partial charge in [-0.15, -0.1) is 10.2 Å². The summed E-state index contributed by atoms with van der Waals surface area (Å²) in [7, 11) is 1.74. The number of benzene rings is 1. The number of allylic oxidation sites excluding steroid dienone is 1. The number of hydrogen-bond donors (Lipinski definition) is 2. The molecule has 11 nitrogen and oxygen atoms in total. The number of aromatic carboxylic acids is 1. The number of hydrogen-bond acceptors (Lipinski definition) is 6. The van der Waals surface area contributed by atoms with Crippen LogP contribution >= 0.6 is 0 Å². The molecule has 2 N–H and O–H groups in total. The molecular formula is C26H28N8O3. The average Bonchev–Trinajstić information content (AvgIpc) is 3.64. The summed E-state index contributed by atoms with van der Waals surface area (Å²) in [5.41, 5.74) is 1.91. The molecule has 0 saturated carbocycles. The van der Waals surface area contributed by atoms with Gasteiger partial charge in [0.2, 0.25) is 5.82 Å². The van der Waals surface area contributed by atoms with Crippen molar-refractivity contribution >= 4 is 12.2 Å². The van der Waals surface area contributed by atoms with Gasteiger partial charge in [0.25, 0.3) is 0 Å². The van der Waals surface area contributed by atoms with E-state index in [2.05, 4.69) is 32.5 Å². The second kappa shape index (κ2) is 9.84. The number of imidazole rings is 1. The van der Waals surface area contributed by atoms with Gasteiger partial charge in [-0.05, 0) is 42.2 Å². The van der Waals surface area contributed by atoms with Crippen LogP contribution in [0.1, 0.15) is 47.8 Å². The Morgan fingerprint density at radius 1 is 1.27 bits per heavy atom. The summed E-state index contributed by atoms with van der Waals surface area (Å²) < 4.78 is 4.90. The van der Waals surface area contributed by atoms with Crippen LogP contribution in [-0.4, -0.2) is 51.6 Å². The van der Waals surface area contributed by atoms with Crippen LogP contribution in [-0.2, 0) is 25.4 Å². The number of nitrogens with zero attached hydrogens (tertiary/aromatic N) is 7. The minimum absolute atomic E-state index is 0.0796. The molecule has 0 saturated heterocycles. The van der Waals surface area contributed by atoms with Gasteiger partial charge >= 0.3 is 11.7 Å². The Labute approximate surface area is 212 Å². The molecule has 0 fully saturated rings. The number of aryl methyl sites for hydroxylation is 2. The SMILES string of the molecule is CCCCc1cn(-c2c(C(=O)O)ccn2C)c(=O)n1CC1(c2cccc(-c3nn[nH]n3)c2)C=CN=CC1. The van der Waals surface area contributed by atoms with Gasteiger partial charge in [0.05, 0.1) is 0 Å². The summed E-state index contributed by atoms with van der Waals surface area (Å²) in [5.74, 6) is -0.253. The van der Waals surface area contributed by atoms with Gasteiger partial charge in [0.1, 0.15) is 11.4 Å². The first kappa shape index (κ1) is 24.2. The molecule has 0 radical (unpaired) electrons. The zero-order chi connectivity index (χ0) is 26.0. The van der Waals surface area contributed by atoms with E-state index in [9.17, 15) is 14.7 Å². The van der Waals surface area contributed by atoms with E-state index in [0.717, 1.165) is 29.7 Å². The van der Waals surface area contributed by atoms with Gasteiger partial charge in [-0.3, -0.25) is 14.1 Å². The number of aliphatic imine (C=N–C) groups is 1. The maximum atomic E-state index is 13.9. The predicted octanol–water partition coefficient (Wildman–Crippen LogP) is 3.12. The highest BCUT2D eigenvalue weighted by atomic mass is 16.4. The maximum Gasteiger partial charge on any atom is 0.339 e. The first-order valence-corrected chi connectivity index (χ1v) is 12.2. The number of carboxylic acid groups (broad SMARTS) is 1. The Hall–Kier alpha value is -4.54. The minimum Gasteiger partial charge on any atom is -0.478 e. The van der Waals surface area contributed by atoms with Crippen LogP contribution in [0, 0.1) is 0 Å². The van der Waals surface area contributed by atoms with Crippen LogP contribution in [0.25, 0.3) is 17.2 Å². The molecule has 3 aromatic heterocycles.